The van der Waals surface area contributed by atoms with E-state index in [4.69, 9.17) is 4.74 Å². The minimum Gasteiger partial charge on any atom is -0.491 e. The largest absolute Gasteiger partial charge is 0.491 e. The second-order valence-electron chi connectivity index (χ2n) is 6.21. The average molecular weight is 328 g/mol. The molecule has 0 aliphatic carbocycles. The van der Waals surface area contributed by atoms with Crippen molar-refractivity contribution in [3.8, 4) is 5.75 Å². The van der Waals surface area contributed by atoms with Gasteiger partial charge in [0.15, 0.2) is 0 Å². The van der Waals surface area contributed by atoms with Crippen LogP contribution in [0.25, 0.3) is 0 Å². The van der Waals surface area contributed by atoms with Crippen molar-refractivity contribution < 1.29 is 9.53 Å². The number of carbonyl (C=O) groups excluding carboxylic acids is 1. The summed E-state index contributed by atoms with van der Waals surface area (Å²) in [6.45, 7) is 8.67. The van der Waals surface area contributed by atoms with E-state index in [2.05, 4.69) is 20.6 Å². The highest BCUT2D eigenvalue weighted by molar-refractivity contribution is 5.92. The summed E-state index contributed by atoms with van der Waals surface area (Å²) in [4.78, 5) is 20.3. The van der Waals surface area contributed by atoms with Gasteiger partial charge in [-0.2, -0.15) is 0 Å². The van der Waals surface area contributed by atoms with E-state index in [1.807, 2.05) is 52.0 Å². The summed E-state index contributed by atoms with van der Waals surface area (Å²) in [6, 6.07) is 7.60. The van der Waals surface area contributed by atoms with Gasteiger partial charge in [-0.15, -0.1) is 0 Å². The molecule has 1 aromatic carbocycles. The van der Waals surface area contributed by atoms with Crippen molar-refractivity contribution in [1.29, 1.82) is 0 Å². The highest BCUT2D eigenvalue weighted by Gasteiger charge is 2.08. The zero-order valence-corrected chi connectivity index (χ0v) is 14.5. The molecule has 0 saturated carbocycles. The van der Waals surface area contributed by atoms with Gasteiger partial charge < -0.3 is 15.4 Å². The SMILES string of the molecule is CC(C)CNC(=O)c1cnc(Nc2ccc(OC(C)C)cc2)cn1. The number of hydrogen-bond acceptors (Lipinski definition) is 5. The molecule has 0 spiro atoms. The van der Waals surface area contributed by atoms with Crippen LogP contribution in [0.2, 0.25) is 0 Å². The Bertz CT molecular complexity index is 652. The molecule has 2 aromatic rings. The van der Waals surface area contributed by atoms with Crippen LogP contribution in [0.15, 0.2) is 36.7 Å². The van der Waals surface area contributed by atoms with Crippen LogP contribution in [0.1, 0.15) is 38.2 Å². The summed E-state index contributed by atoms with van der Waals surface area (Å²) < 4.78 is 5.60. The Kier molecular flexibility index (Phi) is 6.12. The molecule has 0 aliphatic rings. The fraction of sp³-hybridized carbons (Fsp3) is 0.389. The third-order valence-electron chi connectivity index (χ3n) is 3.05. The maximum atomic E-state index is 11.9. The number of aromatic nitrogens is 2. The molecule has 128 valence electrons. The maximum Gasteiger partial charge on any atom is 0.271 e. The summed E-state index contributed by atoms with van der Waals surface area (Å²) in [5.41, 5.74) is 1.18. The second-order valence-corrected chi connectivity index (χ2v) is 6.21. The standard InChI is InChI=1S/C18H24N4O2/c1-12(2)9-21-18(23)16-10-20-17(11-19-16)22-14-5-7-15(8-6-14)24-13(3)4/h5-8,10-13H,9H2,1-4H3,(H,20,22)(H,21,23). The lowest BCUT2D eigenvalue weighted by Crippen LogP contribution is -2.28. The van der Waals surface area contributed by atoms with Crippen LogP contribution < -0.4 is 15.4 Å². The van der Waals surface area contributed by atoms with Crippen molar-refractivity contribution in [2.24, 2.45) is 5.92 Å². The average Bonchev–Trinajstić information content (AvgIpc) is 2.54. The Morgan fingerprint density at radius 3 is 2.33 bits per heavy atom. The molecule has 2 rings (SSSR count). The molecule has 0 radical (unpaired) electrons. The molecule has 0 unspecified atom stereocenters. The van der Waals surface area contributed by atoms with Crippen molar-refractivity contribution in [2.45, 2.75) is 33.8 Å². The van der Waals surface area contributed by atoms with Gasteiger partial charge in [-0.05, 0) is 44.0 Å². The lowest BCUT2D eigenvalue weighted by molar-refractivity contribution is 0.0943. The molecule has 0 aliphatic heterocycles. The highest BCUT2D eigenvalue weighted by atomic mass is 16.5. The Labute approximate surface area is 142 Å². The molecule has 0 bridgehead atoms. The highest BCUT2D eigenvalue weighted by Crippen LogP contribution is 2.19. The molecule has 6 heteroatoms. The van der Waals surface area contributed by atoms with E-state index in [1.54, 1.807) is 6.20 Å². The van der Waals surface area contributed by atoms with Gasteiger partial charge in [-0.3, -0.25) is 4.79 Å². The molecule has 0 atom stereocenters. The summed E-state index contributed by atoms with van der Waals surface area (Å²) >= 11 is 0. The minimum atomic E-state index is -0.210. The molecular weight excluding hydrogens is 304 g/mol. The topological polar surface area (TPSA) is 76.1 Å². The molecule has 1 amide bonds. The van der Waals surface area contributed by atoms with Gasteiger partial charge in [0.2, 0.25) is 0 Å². The number of hydrogen-bond donors (Lipinski definition) is 2. The molecule has 6 nitrogen and oxygen atoms in total. The van der Waals surface area contributed by atoms with Crippen molar-refractivity contribution in [2.75, 3.05) is 11.9 Å². The third kappa shape index (κ3) is 5.53. The van der Waals surface area contributed by atoms with Gasteiger partial charge in [0.05, 0.1) is 18.5 Å². The van der Waals surface area contributed by atoms with Crippen LogP contribution in [-0.4, -0.2) is 28.5 Å². The van der Waals surface area contributed by atoms with E-state index >= 15 is 0 Å². The minimum absolute atomic E-state index is 0.143. The number of amides is 1. The number of benzene rings is 1. The van der Waals surface area contributed by atoms with E-state index in [1.165, 1.54) is 6.20 Å². The van der Waals surface area contributed by atoms with E-state index < -0.39 is 0 Å². The summed E-state index contributed by atoms with van der Waals surface area (Å²) in [5, 5.41) is 5.95. The zero-order chi connectivity index (χ0) is 17.5. The van der Waals surface area contributed by atoms with E-state index in [0.29, 0.717) is 24.0 Å². The van der Waals surface area contributed by atoms with Gasteiger partial charge in [0, 0.05) is 12.2 Å². The Morgan fingerprint density at radius 2 is 1.79 bits per heavy atom. The number of anilines is 2. The smallest absolute Gasteiger partial charge is 0.271 e. The van der Waals surface area contributed by atoms with Gasteiger partial charge in [-0.1, -0.05) is 13.8 Å². The van der Waals surface area contributed by atoms with Crippen LogP contribution in [0.4, 0.5) is 11.5 Å². The van der Waals surface area contributed by atoms with Crippen molar-refractivity contribution in [3.63, 3.8) is 0 Å². The first-order valence-electron chi connectivity index (χ1n) is 8.08. The summed E-state index contributed by atoms with van der Waals surface area (Å²) in [6.07, 6.45) is 3.15. The van der Waals surface area contributed by atoms with Gasteiger partial charge in [0.25, 0.3) is 5.91 Å². The van der Waals surface area contributed by atoms with E-state index in [-0.39, 0.29) is 12.0 Å². The molecule has 24 heavy (non-hydrogen) atoms. The van der Waals surface area contributed by atoms with Crippen LogP contribution in [-0.2, 0) is 0 Å². The number of nitrogens with zero attached hydrogens (tertiary/aromatic N) is 2. The number of carbonyl (C=O) groups is 1. The Hall–Kier alpha value is -2.63. The lowest BCUT2D eigenvalue weighted by atomic mass is 10.2. The van der Waals surface area contributed by atoms with Gasteiger partial charge in [-0.25, -0.2) is 9.97 Å². The monoisotopic (exact) mass is 328 g/mol. The Balaban J connectivity index is 1.95. The first-order valence-corrected chi connectivity index (χ1v) is 8.08. The molecule has 1 aromatic heterocycles. The summed E-state index contributed by atoms with van der Waals surface area (Å²) in [5.74, 6) is 1.58. The molecule has 0 saturated heterocycles. The zero-order valence-electron chi connectivity index (χ0n) is 14.5. The number of rotatable bonds is 7. The molecular formula is C18H24N4O2. The van der Waals surface area contributed by atoms with Crippen LogP contribution in [0.3, 0.4) is 0 Å². The molecule has 2 N–H and O–H groups in total. The van der Waals surface area contributed by atoms with Crippen LogP contribution in [0.5, 0.6) is 5.75 Å². The Morgan fingerprint density at radius 1 is 1.08 bits per heavy atom. The summed E-state index contributed by atoms with van der Waals surface area (Å²) in [7, 11) is 0. The third-order valence-corrected chi connectivity index (χ3v) is 3.05. The molecule has 0 fully saturated rings. The first-order chi connectivity index (χ1) is 11.4. The van der Waals surface area contributed by atoms with Gasteiger partial charge in [0.1, 0.15) is 17.3 Å². The fourth-order valence-electron chi connectivity index (χ4n) is 1.93. The van der Waals surface area contributed by atoms with Crippen LogP contribution in [0, 0.1) is 5.92 Å². The second kappa shape index (κ2) is 8.29. The fourth-order valence-corrected chi connectivity index (χ4v) is 1.93. The number of nitrogens with one attached hydrogen (secondary N) is 2. The van der Waals surface area contributed by atoms with Crippen molar-refractivity contribution >= 4 is 17.4 Å². The number of ether oxygens (including phenoxy) is 1. The predicted octanol–water partition coefficient (Wildman–Crippen LogP) is 3.39. The van der Waals surface area contributed by atoms with E-state index in [9.17, 15) is 4.79 Å². The van der Waals surface area contributed by atoms with Crippen LogP contribution >= 0.6 is 0 Å². The quantitative estimate of drug-likeness (QED) is 0.815. The lowest BCUT2D eigenvalue weighted by Gasteiger charge is -2.11. The van der Waals surface area contributed by atoms with Crippen molar-refractivity contribution in [1.82, 2.24) is 15.3 Å². The maximum absolute atomic E-state index is 11.9. The first kappa shape index (κ1) is 17.7. The predicted molar refractivity (Wildman–Crippen MR) is 94.7 cm³/mol. The normalized spacial score (nSPS) is 10.8. The van der Waals surface area contributed by atoms with Crippen molar-refractivity contribution in [3.05, 3.63) is 42.4 Å². The molecule has 1 heterocycles. The van der Waals surface area contributed by atoms with Gasteiger partial charge >= 0.3 is 0 Å². The van der Waals surface area contributed by atoms with E-state index in [0.717, 1.165) is 11.4 Å².